The van der Waals surface area contributed by atoms with Crippen molar-refractivity contribution in [3.63, 3.8) is 0 Å². The Hall–Kier alpha value is -1.32. The molecule has 0 spiro atoms. The second-order valence-electron chi connectivity index (χ2n) is 3.31. The minimum Gasteiger partial charge on any atom is -0.366 e. The molecule has 0 amide bonds. The van der Waals surface area contributed by atoms with Crippen molar-refractivity contribution in [1.29, 1.82) is 0 Å². The van der Waals surface area contributed by atoms with Gasteiger partial charge in [0.25, 0.3) is 5.56 Å². The summed E-state index contributed by atoms with van der Waals surface area (Å²) in [5.74, 6) is 0. The number of aromatic nitrogens is 2. The van der Waals surface area contributed by atoms with Gasteiger partial charge in [-0.05, 0) is 19.3 Å². The van der Waals surface area contributed by atoms with E-state index in [9.17, 15) is 4.79 Å². The summed E-state index contributed by atoms with van der Waals surface area (Å²) in [5.41, 5.74) is 0.680. The minimum atomic E-state index is -0.0306. The molecule has 0 bridgehead atoms. The van der Waals surface area contributed by atoms with E-state index >= 15 is 0 Å². The van der Waals surface area contributed by atoms with Crippen molar-refractivity contribution in [1.82, 2.24) is 9.97 Å². The first kappa shape index (κ1) is 8.29. The molecule has 1 aliphatic rings. The van der Waals surface area contributed by atoms with E-state index in [1.165, 1.54) is 25.6 Å². The molecule has 70 valence electrons. The van der Waals surface area contributed by atoms with Gasteiger partial charge in [-0.2, -0.15) is 0 Å². The average Bonchev–Trinajstić information content (AvgIpc) is 2.20. The number of hydrogen-bond acceptors (Lipinski definition) is 3. The monoisotopic (exact) mass is 179 g/mol. The first-order valence-corrected chi connectivity index (χ1v) is 4.65. The van der Waals surface area contributed by atoms with Gasteiger partial charge in [-0.3, -0.25) is 4.79 Å². The molecule has 1 aromatic rings. The summed E-state index contributed by atoms with van der Waals surface area (Å²) in [4.78, 5) is 20.0. The summed E-state index contributed by atoms with van der Waals surface area (Å²) in [6, 6.07) is 0. The molecular weight excluding hydrogens is 166 g/mol. The van der Waals surface area contributed by atoms with Crippen molar-refractivity contribution < 1.29 is 0 Å². The van der Waals surface area contributed by atoms with Crippen LogP contribution in [0.1, 0.15) is 19.3 Å². The van der Waals surface area contributed by atoms with Crippen molar-refractivity contribution in [3.8, 4) is 0 Å². The molecule has 4 heteroatoms. The largest absolute Gasteiger partial charge is 0.366 e. The third-order valence-electron chi connectivity index (χ3n) is 2.40. The molecule has 0 unspecified atom stereocenters. The summed E-state index contributed by atoms with van der Waals surface area (Å²) < 4.78 is 0. The van der Waals surface area contributed by atoms with Gasteiger partial charge in [0.15, 0.2) is 0 Å². The Morgan fingerprint density at radius 1 is 1.31 bits per heavy atom. The third kappa shape index (κ3) is 1.71. The molecule has 0 saturated carbocycles. The van der Waals surface area contributed by atoms with Crippen molar-refractivity contribution in [3.05, 3.63) is 22.9 Å². The molecular formula is C9H13N3O. The van der Waals surface area contributed by atoms with Crippen LogP contribution in [0, 0.1) is 0 Å². The summed E-state index contributed by atoms with van der Waals surface area (Å²) in [6.45, 7) is 1.96. The van der Waals surface area contributed by atoms with Crippen LogP contribution in [0.25, 0.3) is 0 Å². The molecule has 1 N–H and O–H groups in total. The van der Waals surface area contributed by atoms with Crippen LogP contribution in [0.5, 0.6) is 0 Å². The highest BCUT2D eigenvalue weighted by atomic mass is 16.1. The molecule has 4 nitrogen and oxygen atoms in total. The summed E-state index contributed by atoms with van der Waals surface area (Å²) in [5, 5.41) is 0. The minimum absolute atomic E-state index is 0.0306. The van der Waals surface area contributed by atoms with Crippen LogP contribution in [-0.2, 0) is 0 Å². The van der Waals surface area contributed by atoms with Gasteiger partial charge < -0.3 is 9.88 Å². The lowest BCUT2D eigenvalue weighted by atomic mass is 10.1. The fourth-order valence-electron chi connectivity index (χ4n) is 1.70. The number of rotatable bonds is 1. The lowest BCUT2D eigenvalue weighted by Crippen LogP contribution is -2.33. The zero-order valence-corrected chi connectivity index (χ0v) is 7.49. The van der Waals surface area contributed by atoms with Crippen LogP contribution in [0.2, 0.25) is 0 Å². The van der Waals surface area contributed by atoms with Crippen LogP contribution >= 0.6 is 0 Å². The lowest BCUT2D eigenvalue weighted by molar-refractivity contribution is 0.575. The summed E-state index contributed by atoms with van der Waals surface area (Å²) >= 11 is 0. The van der Waals surface area contributed by atoms with Gasteiger partial charge in [-0.15, -0.1) is 0 Å². The quantitative estimate of drug-likeness (QED) is 0.692. The molecule has 2 rings (SSSR count). The molecule has 2 heterocycles. The normalized spacial score (nSPS) is 17.4. The zero-order chi connectivity index (χ0) is 9.10. The van der Waals surface area contributed by atoms with Crippen LogP contribution in [-0.4, -0.2) is 23.1 Å². The number of nitrogens with one attached hydrogen (secondary N) is 1. The fourth-order valence-corrected chi connectivity index (χ4v) is 1.70. The van der Waals surface area contributed by atoms with E-state index in [2.05, 4.69) is 14.9 Å². The van der Waals surface area contributed by atoms with E-state index in [-0.39, 0.29) is 5.56 Å². The van der Waals surface area contributed by atoms with Crippen LogP contribution in [0.4, 0.5) is 5.69 Å². The smallest absolute Gasteiger partial charge is 0.274 e. The maximum absolute atomic E-state index is 11.4. The van der Waals surface area contributed by atoms with Gasteiger partial charge in [-0.25, -0.2) is 4.98 Å². The van der Waals surface area contributed by atoms with Crippen molar-refractivity contribution in [2.24, 2.45) is 0 Å². The van der Waals surface area contributed by atoms with Crippen molar-refractivity contribution in [2.45, 2.75) is 19.3 Å². The third-order valence-corrected chi connectivity index (χ3v) is 2.40. The van der Waals surface area contributed by atoms with E-state index in [0.29, 0.717) is 5.69 Å². The maximum atomic E-state index is 11.4. The predicted octanol–water partition coefficient (Wildman–Crippen LogP) is 0.760. The first-order chi connectivity index (χ1) is 6.38. The Labute approximate surface area is 76.6 Å². The number of nitrogens with zero attached hydrogens (tertiary/aromatic N) is 2. The highest BCUT2D eigenvalue weighted by Crippen LogP contribution is 2.13. The lowest BCUT2D eigenvalue weighted by Gasteiger charge is -2.27. The number of anilines is 1. The average molecular weight is 179 g/mol. The number of H-pyrrole nitrogens is 1. The van der Waals surface area contributed by atoms with Crippen molar-refractivity contribution in [2.75, 3.05) is 18.0 Å². The molecule has 1 aromatic heterocycles. The van der Waals surface area contributed by atoms with E-state index < -0.39 is 0 Å². The highest BCUT2D eigenvalue weighted by molar-refractivity contribution is 5.41. The Morgan fingerprint density at radius 2 is 2.08 bits per heavy atom. The maximum Gasteiger partial charge on any atom is 0.274 e. The van der Waals surface area contributed by atoms with E-state index in [1.54, 1.807) is 6.20 Å². The van der Waals surface area contributed by atoms with Gasteiger partial charge in [-0.1, -0.05) is 0 Å². The Balaban J connectivity index is 2.24. The van der Waals surface area contributed by atoms with Gasteiger partial charge in [0.05, 0.1) is 12.5 Å². The second kappa shape index (κ2) is 3.60. The molecule has 0 atom stereocenters. The first-order valence-electron chi connectivity index (χ1n) is 4.65. The molecule has 1 fully saturated rings. The van der Waals surface area contributed by atoms with E-state index in [4.69, 9.17) is 0 Å². The SMILES string of the molecule is O=c1[nH]cncc1N1CCCCC1. The molecule has 0 radical (unpaired) electrons. The molecule has 13 heavy (non-hydrogen) atoms. The molecule has 0 aliphatic carbocycles. The summed E-state index contributed by atoms with van der Waals surface area (Å²) in [7, 11) is 0. The number of aromatic amines is 1. The predicted molar refractivity (Wildman–Crippen MR) is 50.9 cm³/mol. The van der Waals surface area contributed by atoms with Crippen LogP contribution < -0.4 is 10.5 Å². The Bertz CT molecular complexity index is 328. The number of piperidine rings is 1. The summed E-state index contributed by atoms with van der Waals surface area (Å²) in [6.07, 6.45) is 6.69. The van der Waals surface area contributed by atoms with Gasteiger partial charge in [0.2, 0.25) is 0 Å². The van der Waals surface area contributed by atoms with Crippen LogP contribution in [0.15, 0.2) is 17.3 Å². The van der Waals surface area contributed by atoms with E-state index in [1.807, 2.05) is 0 Å². The van der Waals surface area contributed by atoms with Crippen LogP contribution in [0.3, 0.4) is 0 Å². The van der Waals surface area contributed by atoms with E-state index in [0.717, 1.165) is 13.1 Å². The second-order valence-corrected chi connectivity index (χ2v) is 3.31. The Kier molecular flexibility index (Phi) is 2.29. The molecule has 1 aliphatic heterocycles. The van der Waals surface area contributed by atoms with Gasteiger partial charge in [0.1, 0.15) is 5.69 Å². The standard InChI is InChI=1S/C9H13N3O/c13-9-8(6-10-7-11-9)12-4-2-1-3-5-12/h6-7H,1-5H2,(H,10,11,13). The van der Waals surface area contributed by atoms with Gasteiger partial charge >= 0.3 is 0 Å². The molecule has 1 saturated heterocycles. The topological polar surface area (TPSA) is 49.0 Å². The van der Waals surface area contributed by atoms with Crippen molar-refractivity contribution >= 4 is 5.69 Å². The Morgan fingerprint density at radius 3 is 2.77 bits per heavy atom. The highest BCUT2D eigenvalue weighted by Gasteiger charge is 2.13. The fraction of sp³-hybridized carbons (Fsp3) is 0.556. The zero-order valence-electron chi connectivity index (χ0n) is 7.49. The number of hydrogen-bond donors (Lipinski definition) is 1. The van der Waals surface area contributed by atoms with Gasteiger partial charge in [0, 0.05) is 13.1 Å². The molecule has 0 aromatic carbocycles.